The average molecular weight is 622 g/mol. The maximum Gasteiger partial charge on any atom is 0.280 e. The molecule has 2 aromatic rings. The van der Waals surface area contributed by atoms with E-state index in [4.69, 9.17) is 20.9 Å². The van der Waals surface area contributed by atoms with Crippen LogP contribution in [0.1, 0.15) is 42.2 Å². The highest BCUT2D eigenvalue weighted by Crippen LogP contribution is 2.26. The first-order valence-electron chi connectivity index (χ1n) is 12.1. The summed E-state index contributed by atoms with van der Waals surface area (Å²) >= 11 is 1.89. The predicted molar refractivity (Wildman–Crippen MR) is 147 cm³/mol. The zero-order valence-electron chi connectivity index (χ0n) is 20.6. The van der Waals surface area contributed by atoms with Gasteiger partial charge in [0.2, 0.25) is 5.91 Å². The molecule has 1 spiro atoms. The molecule has 6 N–H and O–H groups in total. The number of hydrogen-bond acceptors (Lipinski definition) is 10. The molecule has 1 saturated heterocycles. The number of hydrogen-bond donors (Lipinski definition) is 4. The SMILES string of the molecule is CCCOCOc1ccc(CC(=O)N2CCC3(CC2)CN=C(NC(=O)c2nc(I)c(N)nc2N)N3)cc1. The van der Waals surface area contributed by atoms with Gasteiger partial charge in [0.1, 0.15) is 9.45 Å². The van der Waals surface area contributed by atoms with E-state index in [1.807, 2.05) is 58.7 Å². The fourth-order valence-corrected chi connectivity index (χ4v) is 4.54. The zero-order chi connectivity index (χ0) is 26.4. The summed E-state index contributed by atoms with van der Waals surface area (Å²) in [5.41, 5.74) is 12.1. The molecule has 1 fully saturated rings. The predicted octanol–water partition coefficient (Wildman–Crippen LogP) is 1.30. The van der Waals surface area contributed by atoms with Crippen molar-refractivity contribution in [2.24, 2.45) is 4.99 Å². The first kappa shape index (κ1) is 26.9. The number of carbonyl (C=O) groups excluding carboxylic acids is 2. The lowest BCUT2D eigenvalue weighted by molar-refractivity contribution is -0.132. The molecule has 0 saturated carbocycles. The van der Waals surface area contributed by atoms with Crippen LogP contribution in [0.5, 0.6) is 5.75 Å². The number of rotatable bonds is 8. The van der Waals surface area contributed by atoms with E-state index in [9.17, 15) is 9.59 Å². The molecule has 13 heteroatoms. The smallest absolute Gasteiger partial charge is 0.280 e. The number of piperidine rings is 1. The topological polar surface area (TPSA) is 170 Å². The van der Waals surface area contributed by atoms with E-state index in [0.717, 1.165) is 12.0 Å². The van der Waals surface area contributed by atoms with Crippen molar-refractivity contribution in [2.45, 2.75) is 38.1 Å². The van der Waals surface area contributed by atoms with Gasteiger partial charge >= 0.3 is 0 Å². The van der Waals surface area contributed by atoms with Gasteiger partial charge < -0.3 is 31.2 Å². The van der Waals surface area contributed by atoms with E-state index < -0.39 is 5.91 Å². The zero-order valence-corrected chi connectivity index (χ0v) is 22.8. The van der Waals surface area contributed by atoms with Crippen LogP contribution in [0.2, 0.25) is 0 Å². The normalized spacial score (nSPS) is 16.3. The number of likely N-dealkylation sites (tertiary alicyclic amines) is 1. The quantitative estimate of drug-likeness (QED) is 0.193. The minimum Gasteiger partial charge on any atom is -0.468 e. The number of aromatic nitrogens is 2. The fraction of sp³-hybridized carbons (Fsp3) is 0.458. The molecule has 1 aromatic heterocycles. The van der Waals surface area contributed by atoms with Crippen LogP contribution in [0.4, 0.5) is 11.6 Å². The monoisotopic (exact) mass is 622 g/mol. The molecule has 0 bridgehead atoms. The second-order valence-electron chi connectivity index (χ2n) is 9.03. The minimum absolute atomic E-state index is 0.00566. The lowest BCUT2D eigenvalue weighted by Crippen LogP contribution is -2.57. The van der Waals surface area contributed by atoms with Crippen LogP contribution in [-0.4, -0.2) is 71.2 Å². The number of amides is 2. The van der Waals surface area contributed by atoms with Crippen LogP contribution in [0.15, 0.2) is 29.3 Å². The maximum absolute atomic E-state index is 12.9. The number of nitrogens with zero attached hydrogens (tertiary/aromatic N) is 4. The first-order valence-corrected chi connectivity index (χ1v) is 13.2. The highest BCUT2D eigenvalue weighted by atomic mass is 127. The van der Waals surface area contributed by atoms with Crippen LogP contribution in [0.3, 0.4) is 0 Å². The fourth-order valence-electron chi connectivity index (χ4n) is 4.18. The molecule has 0 aliphatic carbocycles. The van der Waals surface area contributed by atoms with Crippen molar-refractivity contribution in [2.75, 3.05) is 44.5 Å². The van der Waals surface area contributed by atoms with Crippen LogP contribution >= 0.6 is 22.6 Å². The number of halogens is 1. The van der Waals surface area contributed by atoms with Crippen molar-refractivity contribution < 1.29 is 19.1 Å². The largest absolute Gasteiger partial charge is 0.468 e. The molecule has 2 amide bonds. The lowest BCUT2D eigenvalue weighted by Gasteiger charge is -2.39. The summed E-state index contributed by atoms with van der Waals surface area (Å²) in [4.78, 5) is 39.9. The summed E-state index contributed by atoms with van der Waals surface area (Å²) in [5, 5.41) is 6.05. The molecular formula is C24H31IN8O4. The molecule has 0 unspecified atom stereocenters. The van der Waals surface area contributed by atoms with Gasteiger partial charge in [-0.3, -0.25) is 19.9 Å². The third-order valence-electron chi connectivity index (χ3n) is 6.28. The van der Waals surface area contributed by atoms with Crippen molar-refractivity contribution in [3.05, 3.63) is 39.2 Å². The summed E-state index contributed by atoms with van der Waals surface area (Å²) in [5.74, 6) is 0.769. The number of benzene rings is 1. The molecule has 4 rings (SSSR count). The summed E-state index contributed by atoms with van der Waals surface area (Å²) in [6, 6.07) is 7.50. The summed E-state index contributed by atoms with van der Waals surface area (Å²) in [6.45, 7) is 4.64. The molecular weight excluding hydrogens is 591 g/mol. The van der Waals surface area contributed by atoms with E-state index in [1.54, 1.807) is 0 Å². The third kappa shape index (κ3) is 6.77. The van der Waals surface area contributed by atoms with Crippen LogP contribution < -0.4 is 26.8 Å². The highest BCUT2D eigenvalue weighted by molar-refractivity contribution is 14.1. The number of aliphatic imine (C=N–C) groups is 1. The Balaban J connectivity index is 1.23. The van der Waals surface area contributed by atoms with Gasteiger partial charge in [0, 0.05) is 13.1 Å². The standard InChI is InChI=1S/C24H31IN8O4/c1-2-11-36-14-37-16-5-3-15(4-6-16)12-17(34)33-9-7-24(8-10-33)13-28-23(32-24)31-22(35)18-20(26)30-21(27)19(25)29-18/h3-6H,2,7-14H2,1H3,(H4,26,27,30)(H2,28,31,32,35). The molecule has 0 atom stereocenters. The van der Waals surface area contributed by atoms with Crippen LogP contribution in [-0.2, 0) is 16.0 Å². The van der Waals surface area contributed by atoms with E-state index in [-0.39, 0.29) is 35.6 Å². The van der Waals surface area contributed by atoms with E-state index in [0.29, 0.717) is 60.9 Å². The number of nitrogen functional groups attached to an aromatic ring is 2. The van der Waals surface area contributed by atoms with Gasteiger partial charge in [0.15, 0.2) is 30.1 Å². The average Bonchev–Trinajstić information content (AvgIpc) is 3.26. The maximum atomic E-state index is 12.9. The number of ether oxygens (including phenoxy) is 2. The molecule has 198 valence electrons. The van der Waals surface area contributed by atoms with Gasteiger partial charge in [-0.1, -0.05) is 19.1 Å². The second-order valence-corrected chi connectivity index (χ2v) is 10.1. The van der Waals surface area contributed by atoms with Gasteiger partial charge in [-0.15, -0.1) is 0 Å². The Labute approximate surface area is 228 Å². The van der Waals surface area contributed by atoms with Gasteiger partial charge in [0.25, 0.3) is 5.91 Å². The molecule has 0 radical (unpaired) electrons. The molecule has 2 aliphatic rings. The molecule has 2 aliphatic heterocycles. The minimum atomic E-state index is -0.510. The molecule has 37 heavy (non-hydrogen) atoms. The van der Waals surface area contributed by atoms with E-state index in [2.05, 4.69) is 25.6 Å². The Kier molecular flexibility index (Phi) is 8.63. The van der Waals surface area contributed by atoms with Crippen LogP contribution in [0, 0.1) is 3.70 Å². The Morgan fingerprint density at radius 2 is 1.89 bits per heavy atom. The van der Waals surface area contributed by atoms with Crippen LogP contribution in [0.25, 0.3) is 0 Å². The lowest BCUT2D eigenvalue weighted by atomic mass is 9.88. The molecule has 3 heterocycles. The van der Waals surface area contributed by atoms with Gasteiger partial charge in [-0.25, -0.2) is 9.97 Å². The molecule has 1 aromatic carbocycles. The number of carbonyl (C=O) groups is 2. The van der Waals surface area contributed by atoms with E-state index >= 15 is 0 Å². The number of nitrogens with two attached hydrogens (primary N) is 2. The Morgan fingerprint density at radius 1 is 1.16 bits per heavy atom. The van der Waals surface area contributed by atoms with Gasteiger partial charge in [0.05, 0.1) is 25.1 Å². The highest BCUT2D eigenvalue weighted by Gasteiger charge is 2.40. The number of nitrogens with one attached hydrogen (secondary N) is 2. The van der Waals surface area contributed by atoms with Crippen molar-refractivity contribution >= 4 is 52.0 Å². The second kappa shape index (κ2) is 11.9. The van der Waals surface area contributed by atoms with Crippen molar-refractivity contribution in [1.29, 1.82) is 0 Å². The van der Waals surface area contributed by atoms with Gasteiger partial charge in [-0.05, 0) is 59.5 Å². The summed E-state index contributed by atoms with van der Waals surface area (Å²) < 4.78 is 11.3. The number of guanidine groups is 1. The molecule has 12 nitrogen and oxygen atoms in total. The number of anilines is 2. The Hall–Kier alpha value is -3.20. The summed E-state index contributed by atoms with van der Waals surface area (Å²) in [6.07, 6.45) is 2.70. The third-order valence-corrected chi connectivity index (χ3v) is 7.08. The van der Waals surface area contributed by atoms with Crippen molar-refractivity contribution in [3.63, 3.8) is 0 Å². The van der Waals surface area contributed by atoms with Gasteiger partial charge in [-0.2, -0.15) is 0 Å². The summed E-state index contributed by atoms with van der Waals surface area (Å²) in [7, 11) is 0. The van der Waals surface area contributed by atoms with Crippen molar-refractivity contribution in [3.8, 4) is 5.75 Å². The van der Waals surface area contributed by atoms with Crippen molar-refractivity contribution in [1.82, 2.24) is 25.5 Å². The van der Waals surface area contributed by atoms with E-state index in [1.165, 1.54) is 0 Å². The Bertz CT molecular complexity index is 1170. The Morgan fingerprint density at radius 3 is 2.59 bits per heavy atom. The first-order chi connectivity index (χ1) is 17.8.